The van der Waals surface area contributed by atoms with Gasteiger partial charge in [0.25, 0.3) is 0 Å². The van der Waals surface area contributed by atoms with Crippen molar-refractivity contribution in [3.05, 3.63) is 10.5 Å². The highest BCUT2D eigenvalue weighted by Crippen LogP contribution is 2.12. The van der Waals surface area contributed by atoms with Crippen LogP contribution in [0.5, 0.6) is 0 Å². The van der Waals surface area contributed by atoms with Gasteiger partial charge < -0.3 is 5.32 Å². The van der Waals surface area contributed by atoms with E-state index >= 15 is 0 Å². The Labute approximate surface area is 133 Å². The molecule has 0 aromatic carbocycles. The highest BCUT2D eigenvalue weighted by Gasteiger charge is 2.12. The molecule has 0 bridgehead atoms. The first-order chi connectivity index (χ1) is 10.4. The molecule has 0 unspecified atom stereocenters. The Kier molecular flexibility index (Phi) is 7.72. The van der Waals surface area contributed by atoms with Gasteiger partial charge in [0.1, 0.15) is 0 Å². The quantitative estimate of drug-likeness (QED) is 0.615. The van der Waals surface area contributed by atoms with Gasteiger partial charge in [0, 0.05) is 13.1 Å². The zero-order valence-electron chi connectivity index (χ0n) is 13.1. The number of amides is 3. The van der Waals surface area contributed by atoms with Crippen molar-refractivity contribution in [1.82, 2.24) is 25.4 Å². The first kappa shape index (κ1) is 18.3. The molecule has 0 aliphatic rings. The highest BCUT2D eigenvalue weighted by atomic mass is 32.2. The first-order valence-corrected chi connectivity index (χ1v) is 8.28. The number of aromatic amines is 1. The van der Waals surface area contributed by atoms with Crippen LogP contribution in [0.25, 0.3) is 0 Å². The zero-order valence-corrected chi connectivity index (χ0v) is 14.0. The summed E-state index contributed by atoms with van der Waals surface area (Å²) in [6, 6.07) is -0.501. The minimum Gasteiger partial charge on any atom is -0.338 e. The predicted molar refractivity (Wildman–Crippen MR) is 84.9 cm³/mol. The van der Waals surface area contributed by atoms with Crippen LogP contribution >= 0.6 is 11.8 Å². The molecule has 9 heteroatoms. The number of urea groups is 1. The number of nitrogens with one attached hydrogen (secondary N) is 3. The van der Waals surface area contributed by atoms with Crippen LogP contribution in [0.3, 0.4) is 0 Å². The Hall–Kier alpha value is -1.77. The molecular weight excluding hydrogens is 306 g/mol. The molecule has 0 radical (unpaired) electrons. The van der Waals surface area contributed by atoms with Gasteiger partial charge in [0.05, 0.1) is 5.75 Å². The SMILES string of the molecule is CCCn1c(SCC(=O)NC(=O)NCCC(C)C)n[nH]c1=O. The standard InChI is InChI=1S/C13H23N5O3S/c1-4-7-18-12(21)16-17-13(18)22-8-10(19)15-11(20)14-6-5-9(2)3/h9H,4-8H2,1-3H3,(H,16,21)(H2,14,15,19,20). The first-order valence-electron chi connectivity index (χ1n) is 7.29. The Morgan fingerprint density at radius 3 is 2.77 bits per heavy atom. The topological polar surface area (TPSA) is 109 Å². The summed E-state index contributed by atoms with van der Waals surface area (Å²) < 4.78 is 1.47. The smallest absolute Gasteiger partial charge is 0.338 e. The van der Waals surface area contributed by atoms with Crippen molar-refractivity contribution in [1.29, 1.82) is 0 Å². The lowest BCUT2D eigenvalue weighted by Crippen LogP contribution is -2.40. The van der Waals surface area contributed by atoms with Crippen molar-refractivity contribution in [3.63, 3.8) is 0 Å². The van der Waals surface area contributed by atoms with Crippen molar-refractivity contribution < 1.29 is 9.59 Å². The third-order valence-electron chi connectivity index (χ3n) is 2.76. The molecule has 0 saturated carbocycles. The lowest BCUT2D eigenvalue weighted by Gasteiger charge is -2.08. The molecule has 1 rings (SSSR count). The summed E-state index contributed by atoms with van der Waals surface area (Å²) in [5.41, 5.74) is -0.295. The van der Waals surface area contributed by atoms with Gasteiger partial charge in [-0.3, -0.25) is 14.7 Å². The minimum atomic E-state index is -0.501. The fraction of sp³-hybridized carbons (Fsp3) is 0.692. The molecule has 1 heterocycles. The maximum atomic E-state index is 11.7. The molecule has 1 aromatic rings. The third-order valence-corrected chi connectivity index (χ3v) is 3.74. The van der Waals surface area contributed by atoms with E-state index in [0.29, 0.717) is 24.2 Å². The largest absolute Gasteiger partial charge is 0.343 e. The number of carbonyl (C=O) groups is 2. The summed E-state index contributed by atoms with van der Waals surface area (Å²) in [4.78, 5) is 34.7. The van der Waals surface area contributed by atoms with E-state index in [9.17, 15) is 14.4 Å². The minimum absolute atomic E-state index is 0.0195. The average Bonchev–Trinajstić information content (AvgIpc) is 2.78. The van der Waals surface area contributed by atoms with E-state index in [2.05, 4.69) is 34.7 Å². The van der Waals surface area contributed by atoms with Crippen LogP contribution in [0.1, 0.15) is 33.6 Å². The van der Waals surface area contributed by atoms with E-state index < -0.39 is 11.9 Å². The molecule has 0 saturated heterocycles. The van der Waals surface area contributed by atoms with Crippen molar-refractivity contribution >= 4 is 23.7 Å². The lowest BCUT2D eigenvalue weighted by atomic mass is 10.1. The second-order valence-corrected chi connectivity index (χ2v) is 6.18. The molecule has 1 aromatic heterocycles. The molecule has 8 nitrogen and oxygen atoms in total. The molecule has 0 fully saturated rings. The number of carbonyl (C=O) groups excluding carboxylic acids is 2. The predicted octanol–water partition coefficient (Wildman–Crippen LogP) is 0.945. The van der Waals surface area contributed by atoms with Crippen LogP contribution in [0.15, 0.2) is 9.95 Å². The molecule has 3 amide bonds. The van der Waals surface area contributed by atoms with Crippen LogP contribution < -0.4 is 16.3 Å². The molecule has 0 spiro atoms. The normalized spacial score (nSPS) is 10.7. The number of thioether (sulfide) groups is 1. The monoisotopic (exact) mass is 329 g/mol. The lowest BCUT2D eigenvalue weighted by molar-refractivity contribution is -0.117. The van der Waals surface area contributed by atoms with E-state index in [1.54, 1.807) is 0 Å². The van der Waals surface area contributed by atoms with E-state index in [1.807, 2.05) is 6.92 Å². The van der Waals surface area contributed by atoms with Crippen LogP contribution in [-0.2, 0) is 11.3 Å². The summed E-state index contributed by atoms with van der Waals surface area (Å²) in [5.74, 6) is 0.0816. The van der Waals surface area contributed by atoms with Gasteiger partial charge >= 0.3 is 11.7 Å². The fourth-order valence-corrected chi connectivity index (χ4v) is 2.42. The van der Waals surface area contributed by atoms with Crippen molar-refractivity contribution in [2.45, 2.75) is 45.3 Å². The highest BCUT2D eigenvalue weighted by molar-refractivity contribution is 7.99. The fourth-order valence-electron chi connectivity index (χ4n) is 1.65. The Bertz CT molecular complexity index is 552. The number of imide groups is 1. The molecule has 124 valence electrons. The van der Waals surface area contributed by atoms with Gasteiger partial charge in [0.2, 0.25) is 5.91 Å². The van der Waals surface area contributed by atoms with Gasteiger partial charge in [-0.25, -0.2) is 14.7 Å². The van der Waals surface area contributed by atoms with Crippen molar-refractivity contribution in [2.75, 3.05) is 12.3 Å². The Morgan fingerprint density at radius 2 is 2.14 bits per heavy atom. The number of hydrogen-bond donors (Lipinski definition) is 3. The number of rotatable bonds is 8. The second kappa shape index (κ2) is 9.29. The van der Waals surface area contributed by atoms with E-state index in [4.69, 9.17) is 0 Å². The number of nitrogens with zero attached hydrogens (tertiary/aromatic N) is 2. The van der Waals surface area contributed by atoms with Crippen LogP contribution in [-0.4, -0.2) is 39.0 Å². The number of H-pyrrole nitrogens is 1. The maximum absolute atomic E-state index is 11.7. The van der Waals surface area contributed by atoms with Gasteiger partial charge in [-0.2, -0.15) is 0 Å². The molecule has 22 heavy (non-hydrogen) atoms. The number of aromatic nitrogens is 3. The van der Waals surface area contributed by atoms with E-state index in [1.165, 1.54) is 4.57 Å². The molecule has 3 N–H and O–H groups in total. The summed E-state index contributed by atoms with van der Waals surface area (Å²) >= 11 is 1.12. The van der Waals surface area contributed by atoms with Crippen molar-refractivity contribution in [3.8, 4) is 0 Å². The molecular formula is C13H23N5O3S. The summed E-state index contributed by atoms with van der Waals surface area (Å²) in [5, 5.41) is 11.5. The second-order valence-electron chi connectivity index (χ2n) is 5.24. The molecule has 0 atom stereocenters. The van der Waals surface area contributed by atoms with Gasteiger partial charge in [0.15, 0.2) is 5.16 Å². The van der Waals surface area contributed by atoms with Gasteiger partial charge in [-0.05, 0) is 18.8 Å². The van der Waals surface area contributed by atoms with Crippen LogP contribution in [0.2, 0.25) is 0 Å². The number of hydrogen-bond acceptors (Lipinski definition) is 5. The van der Waals surface area contributed by atoms with Crippen molar-refractivity contribution in [2.24, 2.45) is 5.92 Å². The summed E-state index contributed by atoms with van der Waals surface area (Å²) in [6.07, 6.45) is 1.64. The zero-order chi connectivity index (χ0) is 16.5. The van der Waals surface area contributed by atoms with E-state index in [0.717, 1.165) is 24.6 Å². The Morgan fingerprint density at radius 1 is 1.41 bits per heavy atom. The van der Waals surface area contributed by atoms with Gasteiger partial charge in [-0.1, -0.05) is 32.5 Å². The Balaban J connectivity index is 2.37. The average molecular weight is 329 g/mol. The van der Waals surface area contributed by atoms with E-state index in [-0.39, 0.29) is 11.4 Å². The molecule has 0 aliphatic heterocycles. The summed E-state index contributed by atoms with van der Waals surface area (Å²) in [6.45, 7) is 7.12. The van der Waals surface area contributed by atoms with Gasteiger partial charge in [-0.15, -0.1) is 5.10 Å². The van der Waals surface area contributed by atoms with Crippen LogP contribution in [0, 0.1) is 5.92 Å². The molecule has 0 aliphatic carbocycles. The van der Waals surface area contributed by atoms with Crippen LogP contribution in [0.4, 0.5) is 4.79 Å². The third kappa shape index (κ3) is 6.33. The summed E-state index contributed by atoms with van der Waals surface area (Å²) in [7, 11) is 0. The maximum Gasteiger partial charge on any atom is 0.343 e.